The molecule has 5 amide bonds. The first-order valence-electron chi connectivity index (χ1n) is 18.4. The number of aromatic carboxylic acids is 1. The van der Waals surface area contributed by atoms with Gasteiger partial charge in [-0.3, -0.25) is 24.0 Å². The summed E-state index contributed by atoms with van der Waals surface area (Å²) < 4.78 is 29.0. The lowest BCUT2D eigenvalue weighted by Gasteiger charge is -2.16. The van der Waals surface area contributed by atoms with Crippen molar-refractivity contribution in [2.75, 3.05) is 42.6 Å². The lowest BCUT2D eigenvalue weighted by atomic mass is 10.1. The number of carboxylic acid groups (broad SMARTS) is 1. The molecule has 0 aliphatic rings. The van der Waals surface area contributed by atoms with Crippen molar-refractivity contribution >= 4 is 63.8 Å². The number of carboxylic acids is 1. The number of aromatic hydroxyl groups is 2. The van der Waals surface area contributed by atoms with Crippen LogP contribution in [0.4, 0.5) is 27.1 Å². The van der Waals surface area contributed by atoms with Crippen LogP contribution in [-0.2, 0) is 14.3 Å². The SMILES string of the molecule is CO/C(C(=O)Nc1ccc(C(=O)N[C@@H](C)C(=O)Nc2ccc(C(=O)Nc3ccc(C(=O)Nc4ccc(C(=O)O)c(O)c4OC)c(O)c3OC)cc2)cc1)=C(/C)c1ccc(F)cc1. The van der Waals surface area contributed by atoms with Crippen LogP contribution < -0.4 is 36.1 Å². The zero-order chi connectivity index (χ0) is 45.2. The first-order chi connectivity index (χ1) is 29.6. The normalized spacial score (nSPS) is 11.5. The second-order valence-corrected chi connectivity index (χ2v) is 13.3. The minimum absolute atomic E-state index is 0.0000844. The number of hydrogen-bond acceptors (Lipinski definition) is 11. The Balaban J connectivity index is 1.16. The molecule has 18 heteroatoms. The monoisotopic (exact) mass is 849 g/mol. The number of halogens is 1. The lowest BCUT2D eigenvalue weighted by Crippen LogP contribution is -2.41. The van der Waals surface area contributed by atoms with Crippen molar-refractivity contribution in [1.82, 2.24) is 5.32 Å². The summed E-state index contributed by atoms with van der Waals surface area (Å²) in [4.78, 5) is 76.5. The third kappa shape index (κ3) is 10.2. The third-order valence-electron chi connectivity index (χ3n) is 9.23. The molecule has 5 rings (SSSR count). The van der Waals surface area contributed by atoms with Crippen LogP contribution in [0.15, 0.2) is 103 Å². The Hall–Kier alpha value is -8.41. The van der Waals surface area contributed by atoms with Crippen molar-refractivity contribution in [2.45, 2.75) is 19.9 Å². The van der Waals surface area contributed by atoms with Crippen molar-refractivity contribution in [3.8, 4) is 23.0 Å². The number of methoxy groups -OCH3 is 3. The van der Waals surface area contributed by atoms with Crippen molar-refractivity contribution in [3.63, 3.8) is 0 Å². The Labute approximate surface area is 353 Å². The van der Waals surface area contributed by atoms with E-state index in [-0.39, 0.29) is 45.3 Å². The molecule has 0 fully saturated rings. The van der Waals surface area contributed by atoms with E-state index in [4.69, 9.17) is 14.2 Å². The summed E-state index contributed by atoms with van der Waals surface area (Å²) >= 11 is 0. The van der Waals surface area contributed by atoms with E-state index < -0.39 is 64.4 Å². The van der Waals surface area contributed by atoms with Crippen LogP contribution in [0.1, 0.15) is 60.8 Å². The van der Waals surface area contributed by atoms with E-state index in [1.165, 1.54) is 112 Å². The number of allylic oxidation sites excluding steroid dienone is 1. The topological polar surface area (TPSA) is 251 Å². The van der Waals surface area contributed by atoms with Crippen LogP contribution in [0.2, 0.25) is 0 Å². The maximum Gasteiger partial charge on any atom is 0.339 e. The second kappa shape index (κ2) is 19.6. The molecule has 320 valence electrons. The predicted molar refractivity (Wildman–Crippen MR) is 225 cm³/mol. The average molecular weight is 850 g/mol. The molecule has 0 aliphatic heterocycles. The maximum atomic E-state index is 13.4. The summed E-state index contributed by atoms with van der Waals surface area (Å²) in [5, 5.41) is 43.4. The van der Waals surface area contributed by atoms with Gasteiger partial charge in [-0.25, -0.2) is 9.18 Å². The minimum atomic E-state index is -1.42. The minimum Gasteiger partial charge on any atom is -0.504 e. The zero-order valence-corrected chi connectivity index (χ0v) is 33.7. The molecule has 1 atom stereocenters. The first kappa shape index (κ1) is 44.7. The highest BCUT2D eigenvalue weighted by Crippen LogP contribution is 2.40. The van der Waals surface area contributed by atoms with E-state index in [1.807, 2.05) is 0 Å². The van der Waals surface area contributed by atoms with E-state index in [1.54, 1.807) is 6.92 Å². The number of phenolic OH excluding ortho intramolecular Hbond substituents is 1. The fourth-order valence-electron chi connectivity index (χ4n) is 5.93. The van der Waals surface area contributed by atoms with Crippen LogP contribution in [-0.4, -0.2) is 78.2 Å². The fourth-order valence-corrected chi connectivity index (χ4v) is 5.93. The molecule has 0 aromatic heterocycles. The molecular formula is C44H40FN5O12. The van der Waals surface area contributed by atoms with Gasteiger partial charge in [0.05, 0.1) is 38.3 Å². The van der Waals surface area contributed by atoms with Gasteiger partial charge in [0.15, 0.2) is 28.8 Å². The molecule has 0 unspecified atom stereocenters. The van der Waals surface area contributed by atoms with E-state index in [9.17, 15) is 48.5 Å². The summed E-state index contributed by atoms with van der Waals surface area (Å²) in [5.74, 6) is -6.97. The number of carbonyl (C=O) groups is 6. The highest BCUT2D eigenvalue weighted by atomic mass is 19.1. The van der Waals surface area contributed by atoms with Gasteiger partial charge in [0.25, 0.3) is 23.6 Å². The Morgan fingerprint density at radius 1 is 0.581 bits per heavy atom. The summed E-state index contributed by atoms with van der Waals surface area (Å²) in [6.45, 7) is 3.14. The van der Waals surface area contributed by atoms with Crippen LogP contribution in [0, 0.1) is 5.82 Å². The number of rotatable bonds is 15. The maximum absolute atomic E-state index is 13.4. The molecule has 0 aliphatic carbocycles. The summed E-state index contributed by atoms with van der Waals surface area (Å²) in [7, 11) is 3.71. The summed E-state index contributed by atoms with van der Waals surface area (Å²) in [6, 6.07) is 21.0. The molecule has 5 aromatic rings. The lowest BCUT2D eigenvalue weighted by molar-refractivity contribution is -0.117. The van der Waals surface area contributed by atoms with Crippen molar-refractivity contribution in [3.05, 3.63) is 136 Å². The largest absolute Gasteiger partial charge is 0.504 e. The predicted octanol–water partition coefficient (Wildman–Crippen LogP) is 6.23. The third-order valence-corrected chi connectivity index (χ3v) is 9.23. The van der Waals surface area contributed by atoms with Gasteiger partial charge in [0, 0.05) is 28.1 Å². The first-order valence-corrected chi connectivity index (χ1v) is 18.4. The summed E-state index contributed by atoms with van der Waals surface area (Å²) in [5.41, 5.74) is 1.25. The standard InChI is InChI=1S/C44H40FN5O12/c1-22(24-6-12-27(45)13-7-24)36(60-3)43(57)48-29-16-8-25(9-17-29)40(54)46-23(2)39(53)47-28-14-10-26(11-15-28)41(55)49-32-20-18-30(34(51)37(32)61-4)42(56)50-33-21-19-31(44(58)59)35(52)38(33)62-5/h6-21,23,51-52H,1-5H3,(H,46,54)(H,47,53)(H,48,57)(H,49,55)(H,50,56)(H,58,59)/b36-22-/t23-/m0/s1. The van der Waals surface area contributed by atoms with Gasteiger partial charge in [0.1, 0.15) is 17.4 Å². The molecule has 0 bridgehead atoms. The van der Waals surface area contributed by atoms with E-state index in [2.05, 4.69) is 26.6 Å². The number of nitrogens with one attached hydrogen (secondary N) is 5. The molecule has 0 spiro atoms. The molecule has 62 heavy (non-hydrogen) atoms. The highest BCUT2D eigenvalue weighted by Gasteiger charge is 2.24. The fraction of sp³-hybridized carbons (Fsp3) is 0.136. The van der Waals surface area contributed by atoms with Crippen molar-refractivity contribution in [1.29, 1.82) is 0 Å². The second-order valence-electron chi connectivity index (χ2n) is 13.3. The van der Waals surface area contributed by atoms with Crippen molar-refractivity contribution < 1.29 is 62.7 Å². The van der Waals surface area contributed by atoms with E-state index >= 15 is 0 Å². The van der Waals surface area contributed by atoms with Gasteiger partial charge in [-0.05, 0) is 104 Å². The van der Waals surface area contributed by atoms with Crippen molar-refractivity contribution in [2.24, 2.45) is 0 Å². The van der Waals surface area contributed by atoms with Gasteiger partial charge >= 0.3 is 5.97 Å². The van der Waals surface area contributed by atoms with Crippen LogP contribution in [0.5, 0.6) is 23.0 Å². The number of hydrogen-bond donors (Lipinski definition) is 8. The van der Waals surface area contributed by atoms with Crippen LogP contribution in [0.3, 0.4) is 0 Å². The van der Waals surface area contributed by atoms with E-state index in [0.29, 0.717) is 22.5 Å². The number of carbonyl (C=O) groups excluding carboxylic acids is 5. The molecule has 17 nitrogen and oxygen atoms in total. The molecule has 8 N–H and O–H groups in total. The molecule has 0 saturated heterocycles. The Morgan fingerprint density at radius 2 is 1.05 bits per heavy atom. The number of ether oxygens (including phenoxy) is 3. The molecule has 0 saturated carbocycles. The summed E-state index contributed by atoms with van der Waals surface area (Å²) in [6.07, 6.45) is 0. The number of amides is 5. The number of phenols is 2. The molecule has 5 aromatic carbocycles. The van der Waals surface area contributed by atoms with Gasteiger partial charge in [-0.2, -0.15) is 0 Å². The van der Waals surface area contributed by atoms with E-state index in [0.717, 1.165) is 13.2 Å². The molecule has 0 radical (unpaired) electrons. The highest BCUT2D eigenvalue weighted by molar-refractivity contribution is 6.11. The van der Waals surface area contributed by atoms with Crippen LogP contribution in [0.25, 0.3) is 5.57 Å². The van der Waals surface area contributed by atoms with Gasteiger partial charge in [0.2, 0.25) is 5.91 Å². The molecular weight excluding hydrogens is 810 g/mol. The zero-order valence-electron chi connectivity index (χ0n) is 33.7. The van der Waals surface area contributed by atoms with Gasteiger partial charge in [-0.15, -0.1) is 0 Å². The Bertz CT molecular complexity index is 2580. The average Bonchev–Trinajstić information content (AvgIpc) is 3.24. The smallest absolute Gasteiger partial charge is 0.339 e. The van der Waals surface area contributed by atoms with Crippen LogP contribution >= 0.6 is 0 Å². The van der Waals surface area contributed by atoms with Gasteiger partial charge < -0.3 is 56.1 Å². The molecule has 0 heterocycles. The Kier molecular flexibility index (Phi) is 14.1. The quantitative estimate of drug-likeness (QED) is 0.0431. The Morgan fingerprint density at radius 3 is 1.56 bits per heavy atom. The van der Waals surface area contributed by atoms with Gasteiger partial charge in [-0.1, -0.05) is 12.1 Å². The number of benzene rings is 5. The number of anilines is 4.